The van der Waals surface area contributed by atoms with Crippen LogP contribution in [0.1, 0.15) is 23.2 Å². The maximum atomic E-state index is 12.4. The maximum Gasteiger partial charge on any atom is 0.257 e. The topological polar surface area (TPSA) is 41.6 Å². The van der Waals surface area contributed by atoms with Crippen LogP contribution in [-0.2, 0) is 0 Å². The van der Waals surface area contributed by atoms with Crippen molar-refractivity contribution in [3.8, 4) is 5.75 Å². The number of amides is 1. The fourth-order valence-electron chi connectivity index (χ4n) is 2.12. The second kappa shape index (κ2) is 6.27. The number of para-hydroxylation sites is 1. The first kappa shape index (κ1) is 13.5. The van der Waals surface area contributed by atoms with Gasteiger partial charge in [-0.1, -0.05) is 12.1 Å². The monoisotopic (exact) mass is 260 g/mol. The third-order valence-electron chi connectivity index (χ3n) is 3.16. The van der Waals surface area contributed by atoms with Crippen molar-refractivity contribution in [2.75, 3.05) is 32.1 Å². The van der Waals surface area contributed by atoms with Crippen molar-refractivity contribution >= 4 is 11.6 Å². The van der Waals surface area contributed by atoms with Crippen LogP contribution in [0.4, 0.5) is 5.69 Å². The Bertz CT molecular complexity index is 471. The first-order chi connectivity index (χ1) is 9.24. The second-order valence-electron chi connectivity index (χ2n) is 4.62. The zero-order chi connectivity index (χ0) is 13.7. The number of rotatable bonds is 5. The molecule has 0 fully saturated rings. The largest absolute Gasteiger partial charge is 0.489 e. The highest BCUT2D eigenvalue weighted by Crippen LogP contribution is 2.31. The summed E-state index contributed by atoms with van der Waals surface area (Å²) in [5.41, 5.74) is 1.53. The fraction of sp³-hybridized carbons (Fsp3) is 0.400. The van der Waals surface area contributed by atoms with E-state index in [-0.39, 0.29) is 5.91 Å². The van der Waals surface area contributed by atoms with Gasteiger partial charge in [-0.05, 0) is 25.0 Å². The van der Waals surface area contributed by atoms with Gasteiger partial charge in [0.15, 0.2) is 5.75 Å². The van der Waals surface area contributed by atoms with Crippen LogP contribution in [0.5, 0.6) is 5.75 Å². The molecule has 2 rings (SSSR count). The number of anilines is 1. The van der Waals surface area contributed by atoms with Crippen LogP contribution >= 0.6 is 0 Å². The molecule has 0 spiro atoms. The Morgan fingerprint density at radius 2 is 2.42 bits per heavy atom. The van der Waals surface area contributed by atoms with Gasteiger partial charge in [0.05, 0.1) is 11.3 Å². The third kappa shape index (κ3) is 3.08. The number of ether oxygens (including phenoxy) is 1. The summed E-state index contributed by atoms with van der Waals surface area (Å²) < 4.78 is 5.63. The highest BCUT2D eigenvalue weighted by atomic mass is 16.5. The minimum absolute atomic E-state index is 0.00427. The molecule has 0 aromatic heterocycles. The highest BCUT2D eigenvalue weighted by molar-refractivity contribution is 5.98. The van der Waals surface area contributed by atoms with E-state index >= 15 is 0 Å². The molecule has 0 saturated heterocycles. The summed E-state index contributed by atoms with van der Waals surface area (Å²) in [5.74, 6) is 0.680. The van der Waals surface area contributed by atoms with Crippen molar-refractivity contribution in [2.24, 2.45) is 0 Å². The molecule has 0 atom stereocenters. The van der Waals surface area contributed by atoms with Gasteiger partial charge >= 0.3 is 0 Å². The maximum absolute atomic E-state index is 12.4. The number of hydrogen-bond donors (Lipinski definition) is 1. The lowest BCUT2D eigenvalue weighted by molar-refractivity contribution is 0.0789. The second-order valence-corrected chi connectivity index (χ2v) is 4.62. The summed E-state index contributed by atoms with van der Waals surface area (Å²) in [6, 6.07) is 5.63. The summed E-state index contributed by atoms with van der Waals surface area (Å²) >= 11 is 0. The number of carbonyl (C=O) groups excluding carboxylic acids is 1. The molecule has 1 amide bonds. The van der Waals surface area contributed by atoms with E-state index in [0.717, 1.165) is 31.6 Å². The summed E-state index contributed by atoms with van der Waals surface area (Å²) in [6.45, 7) is 5.78. The fourth-order valence-corrected chi connectivity index (χ4v) is 2.12. The molecule has 0 bridgehead atoms. The zero-order valence-corrected chi connectivity index (χ0v) is 11.3. The minimum Gasteiger partial charge on any atom is -0.489 e. The van der Waals surface area contributed by atoms with Gasteiger partial charge in [-0.15, -0.1) is 6.58 Å². The van der Waals surface area contributed by atoms with Crippen molar-refractivity contribution in [3.63, 3.8) is 0 Å². The van der Waals surface area contributed by atoms with E-state index in [9.17, 15) is 4.79 Å². The molecule has 19 heavy (non-hydrogen) atoms. The van der Waals surface area contributed by atoms with Crippen LogP contribution in [0.15, 0.2) is 30.9 Å². The Balaban J connectivity index is 2.12. The summed E-state index contributed by atoms with van der Waals surface area (Å²) in [4.78, 5) is 14.1. The standard InChI is InChI=1S/C15H20N2O2/c1-3-4-5-10-17(2)15(18)12-7-6-8-13-14(12)19-11-9-16-13/h3,6-8,16H,1,4-5,9-11H2,2H3. The molecule has 0 aliphatic carbocycles. The van der Waals surface area contributed by atoms with Gasteiger partial charge in [-0.3, -0.25) is 4.79 Å². The van der Waals surface area contributed by atoms with Gasteiger partial charge < -0.3 is 15.0 Å². The first-order valence-corrected chi connectivity index (χ1v) is 6.60. The van der Waals surface area contributed by atoms with Crippen LogP contribution in [-0.4, -0.2) is 37.6 Å². The number of nitrogens with zero attached hydrogens (tertiary/aromatic N) is 1. The Labute approximate surface area is 114 Å². The molecule has 1 aliphatic heterocycles. The highest BCUT2D eigenvalue weighted by Gasteiger charge is 2.21. The molecule has 102 valence electrons. The number of carbonyl (C=O) groups is 1. The van der Waals surface area contributed by atoms with Crippen molar-refractivity contribution in [3.05, 3.63) is 36.4 Å². The molecule has 1 heterocycles. The molecule has 0 radical (unpaired) electrons. The predicted octanol–water partition coefficient (Wildman–Crippen LogP) is 2.53. The van der Waals surface area contributed by atoms with Gasteiger partial charge in [0.1, 0.15) is 6.61 Å². The quantitative estimate of drug-likeness (QED) is 0.653. The summed E-state index contributed by atoms with van der Waals surface area (Å²) in [7, 11) is 1.82. The van der Waals surface area contributed by atoms with Crippen LogP contribution in [0, 0.1) is 0 Å². The lowest BCUT2D eigenvalue weighted by Crippen LogP contribution is -2.29. The normalized spacial score (nSPS) is 12.9. The Morgan fingerprint density at radius 1 is 1.58 bits per heavy atom. The van der Waals surface area contributed by atoms with Crippen LogP contribution in [0.25, 0.3) is 0 Å². The Hall–Kier alpha value is -1.97. The van der Waals surface area contributed by atoms with Crippen LogP contribution in [0.3, 0.4) is 0 Å². The molecule has 4 nitrogen and oxygen atoms in total. The lowest BCUT2D eigenvalue weighted by Gasteiger charge is -2.23. The number of hydrogen-bond acceptors (Lipinski definition) is 3. The Morgan fingerprint density at radius 3 is 3.21 bits per heavy atom. The average molecular weight is 260 g/mol. The van der Waals surface area contributed by atoms with E-state index in [4.69, 9.17) is 4.74 Å². The number of nitrogens with one attached hydrogen (secondary N) is 1. The third-order valence-corrected chi connectivity index (χ3v) is 3.16. The van der Waals surface area contributed by atoms with E-state index < -0.39 is 0 Å². The average Bonchev–Trinajstić information content (AvgIpc) is 2.46. The van der Waals surface area contributed by atoms with Crippen molar-refractivity contribution in [1.29, 1.82) is 0 Å². The minimum atomic E-state index is 0.00427. The van der Waals surface area contributed by atoms with Crippen LogP contribution < -0.4 is 10.1 Å². The van der Waals surface area contributed by atoms with Crippen molar-refractivity contribution in [1.82, 2.24) is 4.90 Å². The summed E-state index contributed by atoms with van der Waals surface area (Å²) in [6.07, 6.45) is 3.72. The predicted molar refractivity (Wildman–Crippen MR) is 76.8 cm³/mol. The lowest BCUT2D eigenvalue weighted by atomic mass is 10.1. The van der Waals surface area contributed by atoms with E-state index in [0.29, 0.717) is 17.9 Å². The van der Waals surface area contributed by atoms with Gasteiger partial charge in [-0.25, -0.2) is 0 Å². The Kier molecular flexibility index (Phi) is 4.44. The van der Waals surface area contributed by atoms with Gasteiger partial charge in [0.25, 0.3) is 5.91 Å². The molecule has 1 aromatic rings. The van der Waals surface area contributed by atoms with Gasteiger partial charge in [0, 0.05) is 20.1 Å². The molecular weight excluding hydrogens is 240 g/mol. The number of fused-ring (bicyclic) bond motifs is 1. The van der Waals surface area contributed by atoms with Crippen molar-refractivity contribution in [2.45, 2.75) is 12.8 Å². The molecular formula is C15H20N2O2. The number of unbranched alkanes of at least 4 members (excludes halogenated alkanes) is 1. The molecule has 4 heteroatoms. The molecule has 1 aliphatic rings. The number of benzene rings is 1. The number of allylic oxidation sites excluding steroid dienone is 1. The van der Waals surface area contributed by atoms with Crippen LogP contribution in [0.2, 0.25) is 0 Å². The molecule has 0 unspecified atom stereocenters. The van der Waals surface area contributed by atoms with Gasteiger partial charge in [-0.2, -0.15) is 0 Å². The van der Waals surface area contributed by atoms with E-state index in [2.05, 4.69) is 11.9 Å². The first-order valence-electron chi connectivity index (χ1n) is 6.60. The van der Waals surface area contributed by atoms with E-state index in [1.54, 1.807) is 4.90 Å². The molecule has 1 N–H and O–H groups in total. The molecule has 0 saturated carbocycles. The SMILES string of the molecule is C=CCCCN(C)C(=O)c1cccc2c1OCCN2. The zero-order valence-electron chi connectivity index (χ0n) is 11.3. The van der Waals surface area contributed by atoms with E-state index in [1.165, 1.54) is 0 Å². The summed E-state index contributed by atoms with van der Waals surface area (Å²) in [5, 5.41) is 3.24. The smallest absolute Gasteiger partial charge is 0.257 e. The van der Waals surface area contributed by atoms with Crippen molar-refractivity contribution < 1.29 is 9.53 Å². The van der Waals surface area contributed by atoms with Gasteiger partial charge in [0.2, 0.25) is 0 Å². The van der Waals surface area contributed by atoms with E-state index in [1.807, 2.05) is 31.3 Å². The molecule has 1 aromatic carbocycles.